The SMILES string of the molecule is CCN(C(=O)NCC(C)(C)N(C)C)C(=O)[C@@H]1C[C@@H]2CC(=O)CC[C@H]2N(C)C1. The second kappa shape index (κ2) is 8.69. The Morgan fingerprint density at radius 1 is 1.30 bits per heavy atom. The number of carbonyl (C=O) groups excluding carboxylic acids is 3. The van der Waals surface area contributed by atoms with E-state index in [0.29, 0.717) is 50.7 Å². The third-order valence-corrected chi connectivity index (χ3v) is 6.47. The Bertz CT molecular complexity index is 576. The number of fused-ring (bicyclic) bond motifs is 1. The predicted molar refractivity (Wildman–Crippen MR) is 105 cm³/mol. The number of likely N-dealkylation sites (N-methyl/N-ethyl adjacent to an activating group) is 1. The standard InChI is InChI=1S/C20H36N4O3/c1-7-24(19(27)21-13-20(2,3)22(4)5)18(26)15-10-14-11-16(25)8-9-17(14)23(6)12-15/h14-15,17H,7-13H2,1-6H3,(H,21,27)/t14-,15-,17-/m1/s1. The summed E-state index contributed by atoms with van der Waals surface area (Å²) in [5.41, 5.74) is -0.196. The highest BCUT2D eigenvalue weighted by Gasteiger charge is 2.42. The van der Waals surface area contributed by atoms with E-state index in [1.54, 1.807) is 0 Å². The van der Waals surface area contributed by atoms with Crippen molar-refractivity contribution >= 4 is 17.7 Å². The maximum atomic E-state index is 13.1. The van der Waals surface area contributed by atoms with E-state index in [2.05, 4.69) is 10.2 Å². The molecule has 2 rings (SSSR count). The molecular formula is C20H36N4O3. The molecule has 1 heterocycles. The minimum absolute atomic E-state index is 0.124. The number of ketones is 1. The summed E-state index contributed by atoms with van der Waals surface area (Å²) in [6, 6.07) is 0.0541. The summed E-state index contributed by atoms with van der Waals surface area (Å²) in [6.07, 6.45) is 2.80. The fourth-order valence-corrected chi connectivity index (χ4v) is 4.16. The number of rotatable bonds is 5. The normalized spacial score (nSPS) is 26.6. The molecule has 3 atom stereocenters. The molecule has 0 bridgehead atoms. The molecular weight excluding hydrogens is 344 g/mol. The minimum atomic E-state index is -0.332. The second-order valence-electron chi connectivity index (χ2n) is 8.93. The summed E-state index contributed by atoms with van der Waals surface area (Å²) >= 11 is 0. The van der Waals surface area contributed by atoms with Gasteiger partial charge in [-0.25, -0.2) is 4.79 Å². The Hall–Kier alpha value is -1.47. The van der Waals surface area contributed by atoms with Crippen molar-refractivity contribution < 1.29 is 14.4 Å². The molecule has 1 N–H and O–H groups in total. The monoisotopic (exact) mass is 380 g/mol. The zero-order valence-electron chi connectivity index (χ0n) is 17.7. The van der Waals surface area contributed by atoms with Gasteiger partial charge in [0.15, 0.2) is 0 Å². The molecule has 3 amide bonds. The van der Waals surface area contributed by atoms with Crippen molar-refractivity contribution in [3.63, 3.8) is 0 Å². The molecule has 1 saturated carbocycles. The molecule has 154 valence electrons. The largest absolute Gasteiger partial charge is 0.336 e. The van der Waals surface area contributed by atoms with Crippen molar-refractivity contribution in [2.45, 2.75) is 58.0 Å². The van der Waals surface area contributed by atoms with Gasteiger partial charge in [-0.2, -0.15) is 0 Å². The van der Waals surface area contributed by atoms with E-state index >= 15 is 0 Å². The van der Waals surface area contributed by atoms with Crippen LogP contribution in [0.5, 0.6) is 0 Å². The highest BCUT2D eigenvalue weighted by atomic mass is 16.2. The molecule has 0 unspecified atom stereocenters. The quantitative estimate of drug-likeness (QED) is 0.784. The van der Waals surface area contributed by atoms with E-state index in [9.17, 15) is 14.4 Å². The molecule has 7 heteroatoms. The average molecular weight is 381 g/mol. The predicted octanol–water partition coefficient (Wildman–Crippen LogP) is 1.57. The molecule has 0 aromatic carbocycles. The number of urea groups is 1. The van der Waals surface area contributed by atoms with E-state index in [4.69, 9.17) is 0 Å². The molecule has 0 aromatic rings. The molecule has 1 saturated heterocycles. The van der Waals surface area contributed by atoms with Gasteiger partial charge in [0.25, 0.3) is 0 Å². The van der Waals surface area contributed by atoms with Crippen LogP contribution in [0, 0.1) is 11.8 Å². The fraction of sp³-hybridized carbons (Fsp3) is 0.850. The number of hydrogen-bond acceptors (Lipinski definition) is 5. The summed E-state index contributed by atoms with van der Waals surface area (Å²) in [7, 11) is 5.96. The number of amides is 3. The Labute approximate surface area is 163 Å². The Morgan fingerprint density at radius 3 is 2.56 bits per heavy atom. The van der Waals surface area contributed by atoms with Crippen LogP contribution in [0.1, 0.15) is 46.5 Å². The number of nitrogens with zero attached hydrogens (tertiary/aromatic N) is 3. The highest BCUT2D eigenvalue weighted by Crippen LogP contribution is 2.36. The van der Waals surface area contributed by atoms with Crippen LogP contribution < -0.4 is 5.32 Å². The van der Waals surface area contributed by atoms with Crippen molar-refractivity contribution in [1.29, 1.82) is 0 Å². The van der Waals surface area contributed by atoms with Crippen LogP contribution in [0.25, 0.3) is 0 Å². The molecule has 2 fully saturated rings. The number of likely N-dealkylation sites (tertiary alicyclic amines) is 1. The lowest BCUT2D eigenvalue weighted by Gasteiger charge is -2.45. The van der Waals surface area contributed by atoms with Gasteiger partial charge in [-0.1, -0.05) is 0 Å². The van der Waals surface area contributed by atoms with Gasteiger partial charge in [-0.05, 0) is 60.7 Å². The van der Waals surface area contributed by atoms with Crippen LogP contribution in [-0.4, -0.2) is 84.8 Å². The van der Waals surface area contributed by atoms with Crippen LogP contribution in [-0.2, 0) is 9.59 Å². The smallest absolute Gasteiger partial charge is 0.324 e. The van der Waals surface area contributed by atoms with E-state index in [-0.39, 0.29) is 29.3 Å². The van der Waals surface area contributed by atoms with Gasteiger partial charge in [0.1, 0.15) is 5.78 Å². The average Bonchev–Trinajstić information content (AvgIpc) is 2.59. The molecule has 7 nitrogen and oxygen atoms in total. The Balaban J connectivity index is 2.01. The van der Waals surface area contributed by atoms with Gasteiger partial charge in [0.05, 0.1) is 5.92 Å². The zero-order valence-corrected chi connectivity index (χ0v) is 17.7. The van der Waals surface area contributed by atoms with Crippen LogP contribution >= 0.6 is 0 Å². The molecule has 27 heavy (non-hydrogen) atoms. The lowest BCUT2D eigenvalue weighted by molar-refractivity contribution is -0.138. The van der Waals surface area contributed by atoms with Crippen molar-refractivity contribution in [2.24, 2.45) is 11.8 Å². The first-order valence-corrected chi connectivity index (χ1v) is 10.1. The van der Waals surface area contributed by atoms with E-state index in [0.717, 1.165) is 6.42 Å². The summed E-state index contributed by atoms with van der Waals surface area (Å²) in [6.45, 7) is 7.38. The van der Waals surface area contributed by atoms with Crippen LogP contribution in [0.15, 0.2) is 0 Å². The summed E-state index contributed by atoms with van der Waals surface area (Å²) in [4.78, 5) is 43.2. The van der Waals surface area contributed by atoms with Crippen LogP contribution in [0.4, 0.5) is 4.79 Å². The summed E-state index contributed by atoms with van der Waals surface area (Å²) in [5.74, 6) is 0.179. The minimum Gasteiger partial charge on any atom is -0.336 e. The zero-order chi connectivity index (χ0) is 20.4. The van der Waals surface area contributed by atoms with Crippen LogP contribution in [0.3, 0.4) is 0 Å². The van der Waals surface area contributed by atoms with Crippen molar-refractivity contribution in [3.05, 3.63) is 0 Å². The van der Waals surface area contributed by atoms with Gasteiger partial charge in [0.2, 0.25) is 5.91 Å². The van der Waals surface area contributed by atoms with Gasteiger partial charge < -0.3 is 15.1 Å². The second-order valence-corrected chi connectivity index (χ2v) is 8.93. The van der Waals surface area contributed by atoms with E-state index in [1.807, 2.05) is 46.8 Å². The first kappa shape index (κ1) is 21.8. The number of hydrogen-bond donors (Lipinski definition) is 1. The summed E-state index contributed by atoms with van der Waals surface area (Å²) in [5, 5.41) is 2.91. The number of imide groups is 1. The van der Waals surface area contributed by atoms with Gasteiger partial charge in [-0.15, -0.1) is 0 Å². The number of Topliss-reactive ketones (excluding diaryl/α,β-unsaturated/α-hetero) is 1. The first-order chi connectivity index (χ1) is 12.6. The molecule has 1 aliphatic carbocycles. The lowest BCUT2D eigenvalue weighted by atomic mass is 9.74. The highest BCUT2D eigenvalue weighted by molar-refractivity contribution is 5.95. The molecule has 0 aromatic heterocycles. The van der Waals surface area contributed by atoms with Gasteiger partial charge >= 0.3 is 6.03 Å². The van der Waals surface area contributed by atoms with Gasteiger partial charge in [0, 0.05) is 44.1 Å². The van der Waals surface area contributed by atoms with Crippen molar-refractivity contribution in [3.8, 4) is 0 Å². The molecule has 2 aliphatic rings. The Kier molecular flexibility index (Phi) is 7.03. The van der Waals surface area contributed by atoms with E-state index in [1.165, 1.54) is 4.90 Å². The molecule has 0 spiro atoms. The van der Waals surface area contributed by atoms with Crippen molar-refractivity contribution in [2.75, 3.05) is 40.8 Å². The maximum Gasteiger partial charge on any atom is 0.324 e. The maximum absolute atomic E-state index is 13.1. The molecule has 1 aliphatic heterocycles. The summed E-state index contributed by atoms with van der Waals surface area (Å²) < 4.78 is 0. The Morgan fingerprint density at radius 2 is 1.96 bits per heavy atom. The molecule has 0 radical (unpaired) electrons. The van der Waals surface area contributed by atoms with Gasteiger partial charge in [-0.3, -0.25) is 14.5 Å². The number of piperidine rings is 1. The van der Waals surface area contributed by atoms with E-state index < -0.39 is 0 Å². The lowest BCUT2D eigenvalue weighted by Crippen LogP contribution is -2.56. The number of carbonyl (C=O) groups is 3. The topological polar surface area (TPSA) is 73.0 Å². The third kappa shape index (κ3) is 5.08. The first-order valence-electron chi connectivity index (χ1n) is 10.1. The van der Waals surface area contributed by atoms with Crippen LogP contribution in [0.2, 0.25) is 0 Å². The number of nitrogens with one attached hydrogen (secondary N) is 1. The van der Waals surface area contributed by atoms with Crippen molar-refractivity contribution in [1.82, 2.24) is 20.0 Å². The fourth-order valence-electron chi connectivity index (χ4n) is 4.16. The third-order valence-electron chi connectivity index (χ3n) is 6.47.